The Morgan fingerprint density at radius 1 is 1.43 bits per heavy atom. The predicted octanol–water partition coefficient (Wildman–Crippen LogP) is 3.04. The van der Waals surface area contributed by atoms with Crippen molar-refractivity contribution in [1.29, 1.82) is 0 Å². The van der Waals surface area contributed by atoms with Gasteiger partial charge in [-0.3, -0.25) is 4.72 Å². The van der Waals surface area contributed by atoms with Crippen molar-refractivity contribution < 1.29 is 13.2 Å². The zero-order valence-corrected chi connectivity index (χ0v) is 16.0. The van der Waals surface area contributed by atoms with Crippen LogP contribution in [0.5, 0.6) is 5.88 Å². The van der Waals surface area contributed by atoms with Gasteiger partial charge in [-0.05, 0) is 54.0 Å². The van der Waals surface area contributed by atoms with Crippen LogP contribution in [0.1, 0.15) is 6.42 Å². The van der Waals surface area contributed by atoms with Crippen LogP contribution in [0.25, 0.3) is 0 Å². The van der Waals surface area contributed by atoms with Gasteiger partial charge in [0, 0.05) is 17.2 Å². The van der Waals surface area contributed by atoms with E-state index in [1.54, 1.807) is 29.8 Å². The number of nitrogens with one attached hydrogen (secondary N) is 1. The standard InChI is InChI=1S/C14H18BrN3O3S2/c1-18(2)6-4-7-21-14-12(9-11(15)10-16-14)17-23(19,20)13-5-3-8-22-13/h3,5,8-10,17H,4,6-7H2,1-2H3. The van der Waals surface area contributed by atoms with Crippen molar-refractivity contribution in [3.05, 3.63) is 34.2 Å². The summed E-state index contributed by atoms with van der Waals surface area (Å²) in [4.78, 5) is 6.21. The molecule has 2 heterocycles. The third kappa shape index (κ3) is 5.45. The van der Waals surface area contributed by atoms with Gasteiger partial charge in [-0.1, -0.05) is 6.07 Å². The Hall–Kier alpha value is -1.16. The molecule has 0 aliphatic carbocycles. The third-order valence-electron chi connectivity index (χ3n) is 2.81. The number of rotatable bonds is 8. The molecule has 0 saturated carbocycles. The Morgan fingerprint density at radius 3 is 2.87 bits per heavy atom. The van der Waals surface area contributed by atoms with E-state index in [1.807, 2.05) is 14.1 Å². The van der Waals surface area contributed by atoms with E-state index in [0.717, 1.165) is 24.3 Å². The maximum Gasteiger partial charge on any atom is 0.271 e. The maximum atomic E-state index is 12.3. The van der Waals surface area contributed by atoms with Crippen molar-refractivity contribution in [2.24, 2.45) is 0 Å². The molecule has 0 amide bonds. The van der Waals surface area contributed by atoms with Gasteiger partial charge in [0.15, 0.2) is 0 Å². The lowest BCUT2D eigenvalue weighted by Crippen LogP contribution is -2.17. The molecule has 2 aromatic rings. The summed E-state index contributed by atoms with van der Waals surface area (Å²) < 4.78 is 33.8. The monoisotopic (exact) mass is 419 g/mol. The summed E-state index contributed by atoms with van der Waals surface area (Å²) in [6.07, 6.45) is 2.39. The minimum Gasteiger partial charge on any atom is -0.476 e. The van der Waals surface area contributed by atoms with E-state index < -0.39 is 10.0 Å². The van der Waals surface area contributed by atoms with Crippen LogP contribution in [-0.2, 0) is 10.0 Å². The molecule has 9 heteroatoms. The molecule has 0 atom stereocenters. The fourth-order valence-corrected chi connectivity index (χ4v) is 4.15. The Bertz CT molecular complexity index is 734. The van der Waals surface area contributed by atoms with Gasteiger partial charge in [-0.25, -0.2) is 13.4 Å². The Balaban J connectivity index is 2.12. The molecule has 0 radical (unpaired) electrons. The second kappa shape index (κ2) is 8.09. The van der Waals surface area contributed by atoms with Crippen molar-refractivity contribution in [2.75, 3.05) is 32.0 Å². The van der Waals surface area contributed by atoms with Crippen LogP contribution in [0.2, 0.25) is 0 Å². The largest absolute Gasteiger partial charge is 0.476 e. The molecule has 0 bridgehead atoms. The summed E-state index contributed by atoms with van der Waals surface area (Å²) in [5.41, 5.74) is 0.317. The van der Waals surface area contributed by atoms with E-state index >= 15 is 0 Å². The number of ether oxygens (including phenoxy) is 1. The number of anilines is 1. The Labute approximate surface area is 148 Å². The second-order valence-electron chi connectivity index (χ2n) is 5.05. The van der Waals surface area contributed by atoms with Crippen molar-refractivity contribution in [3.63, 3.8) is 0 Å². The molecular formula is C14H18BrN3O3S2. The van der Waals surface area contributed by atoms with Crippen LogP contribution in [-0.4, -0.2) is 45.5 Å². The van der Waals surface area contributed by atoms with Crippen molar-refractivity contribution >= 4 is 43.0 Å². The fraction of sp³-hybridized carbons (Fsp3) is 0.357. The van der Waals surface area contributed by atoms with Gasteiger partial charge in [0.1, 0.15) is 9.90 Å². The minimum atomic E-state index is -3.63. The molecule has 0 aliphatic rings. The van der Waals surface area contributed by atoms with Crippen molar-refractivity contribution in [2.45, 2.75) is 10.6 Å². The average molecular weight is 420 g/mol. The van der Waals surface area contributed by atoms with Gasteiger partial charge in [-0.15, -0.1) is 11.3 Å². The predicted molar refractivity (Wildman–Crippen MR) is 95.7 cm³/mol. The first-order valence-electron chi connectivity index (χ1n) is 6.88. The first-order chi connectivity index (χ1) is 10.9. The van der Waals surface area contributed by atoms with Crippen LogP contribution in [0.4, 0.5) is 5.69 Å². The third-order valence-corrected chi connectivity index (χ3v) is 6.01. The number of nitrogens with zero attached hydrogens (tertiary/aromatic N) is 2. The molecule has 6 nitrogen and oxygen atoms in total. The zero-order chi connectivity index (χ0) is 16.9. The molecule has 0 aromatic carbocycles. The summed E-state index contributed by atoms with van der Waals surface area (Å²) in [6.45, 7) is 1.34. The molecule has 2 aromatic heterocycles. The molecule has 0 saturated heterocycles. The first kappa shape index (κ1) is 18.2. The topological polar surface area (TPSA) is 71.5 Å². The number of hydrogen-bond donors (Lipinski definition) is 1. The van der Waals surface area contributed by atoms with Gasteiger partial charge in [-0.2, -0.15) is 0 Å². The summed E-state index contributed by atoms with van der Waals surface area (Å²) in [6, 6.07) is 4.88. The highest BCUT2D eigenvalue weighted by molar-refractivity contribution is 9.10. The molecule has 0 spiro atoms. The van der Waals surface area contributed by atoms with E-state index in [-0.39, 0.29) is 10.1 Å². The van der Waals surface area contributed by atoms with E-state index in [2.05, 4.69) is 30.5 Å². The van der Waals surface area contributed by atoms with Crippen LogP contribution >= 0.6 is 27.3 Å². The summed E-state index contributed by atoms with van der Waals surface area (Å²) in [5, 5.41) is 1.71. The highest BCUT2D eigenvalue weighted by Crippen LogP contribution is 2.29. The quantitative estimate of drug-likeness (QED) is 0.665. The SMILES string of the molecule is CN(C)CCCOc1ncc(Br)cc1NS(=O)(=O)c1cccs1. The zero-order valence-electron chi connectivity index (χ0n) is 12.8. The lowest BCUT2D eigenvalue weighted by Gasteiger charge is -2.13. The second-order valence-corrected chi connectivity index (χ2v) is 8.82. The van der Waals surface area contributed by atoms with Crippen LogP contribution < -0.4 is 9.46 Å². The van der Waals surface area contributed by atoms with E-state index in [0.29, 0.717) is 16.8 Å². The smallest absolute Gasteiger partial charge is 0.271 e. The number of halogens is 1. The normalized spacial score (nSPS) is 11.7. The first-order valence-corrected chi connectivity index (χ1v) is 10.0. The van der Waals surface area contributed by atoms with Gasteiger partial charge in [0.25, 0.3) is 10.0 Å². The summed E-state index contributed by atoms with van der Waals surface area (Å²) >= 11 is 4.45. The van der Waals surface area contributed by atoms with Gasteiger partial charge < -0.3 is 9.64 Å². The summed E-state index contributed by atoms with van der Waals surface area (Å²) in [7, 11) is 0.335. The van der Waals surface area contributed by atoms with Crippen LogP contribution in [0.3, 0.4) is 0 Å². The summed E-state index contributed by atoms with van der Waals surface area (Å²) in [5.74, 6) is 0.270. The number of aromatic nitrogens is 1. The van der Waals surface area contributed by atoms with Gasteiger partial charge >= 0.3 is 0 Å². The maximum absolute atomic E-state index is 12.3. The van der Waals surface area contributed by atoms with Crippen LogP contribution in [0.15, 0.2) is 38.5 Å². The van der Waals surface area contributed by atoms with E-state index in [1.165, 1.54) is 0 Å². The highest BCUT2D eigenvalue weighted by Gasteiger charge is 2.18. The highest BCUT2D eigenvalue weighted by atomic mass is 79.9. The van der Waals surface area contributed by atoms with Crippen molar-refractivity contribution in [3.8, 4) is 5.88 Å². The number of sulfonamides is 1. The molecule has 0 aliphatic heterocycles. The molecule has 126 valence electrons. The fourth-order valence-electron chi connectivity index (χ4n) is 1.78. The molecule has 1 N–H and O–H groups in total. The molecule has 23 heavy (non-hydrogen) atoms. The lowest BCUT2D eigenvalue weighted by atomic mass is 10.4. The number of thiophene rings is 1. The van der Waals surface area contributed by atoms with Gasteiger partial charge in [0.2, 0.25) is 5.88 Å². The van der Waals surface area contributed by atoms with Crippen molar-refractivity contribution in [1.82, 2.24) is 9.88 Å². The molecule has 2 rings (SSSR count). The lowest BCUT2D eigenvalue weighted by molar-refractivity contribution is 0.274. The Kier molecular flexibility index (Phi) is 6.40. The number of pyridine rings is 1. The average Bonchev–Trinajstić information content (AvgIpc) is 3.00. The number of hydrogen-bond acceptors (Lipinski definition) is 6. The minimum absolute atomic E-state index is 0.246. The Morgan fingerprint density at radius 2 is 2.22 bits per heavy atom. The molecule has 0 unspecified atom stereocenters. The van der Waals surface area contributed by atoms with Gasteiger partial charge in [0.05, 0.1) is 6.61 Å². The van der Waals surface area contributed by atoms with E-state index in [4.69, 9.17) is 4.74 Å². The molecular weight excluding hydrogens is 402 g/mol. The molecule has 0 fully saturated rings. The van der Waals surface area contributed by atoms with Crippen LogP contribution in [0, 0.1) is 0 Å². The van der Waals surface area contributed by atoms with E-state index in [9.17, 15) is 8.42 Å².